The van der Waals surface area contributed by atoms with Gasteiger partial charge in [0.05, 0.1) is 17.4 Å². The number of carbonyl (C=O) groups excluding carboxylic acids is 1. The molecule has 0 atom stereocenters. The molecule has 2 N–H and O–H groups in total. The summed E-state index contributed by atoms with van der Waals surface area (Å²) in [6.45, 7) is 4.73. The lowest BCUT2D eigenvalue weighted by atomic mass is 9.98. The summed E-state index contributed by atoms with van der Waals surface area (Å²) >= 11 is 0. The van der Waals surface area contributed by atoms with E-state index in [1.807, 2.05) is 25.4 Å². The van der Waals surface area contributed by atoms with E-state index in [1.54, 1.807) is 42.2 Å². The van der Waals surface area contributed by atoms with Crippen LogP contribution in [0.2, 0.25) is 0 Å². The summed E-state index contributed by atoms with van der Waals surface area (Å²) in [5, 5.41) is 11.2. The Kier molecular flexibility index (Phi) is 8.66. The number of nitrogens with one attached hydrogen (secondary N) is 2. The first-order chi connectivity index (χ1) is 25.3. The van der Waals surface area contributed by atoms with Crippen molar-refractivity contribution in [2.45, 2.75) is 6.54 Å². The van der Waals surface area contributed by atoms with Crippen LogP contribution in [0.3, 0.4) is 0 Å². The van der Waals surface area contributed by atoms with Crippen LogP contribution in [-0.2, 0) is 20.6 Å². The number of carbonyl (C=O) groups is 1. The number of furan rings is 1. The van der Waals surface area contributed by atoms with Crippen LogP contribution in [0.25, 0.3) is 39.2 Å². The summed E-state index contributed by atoms with van der Waals surface area (Å²) in [6, 6.07) is 20.6. The third-order valence-electron chi connectivity index (χ3n) is 8.95. The van der Waals surface area contributed by atoms with Crippen LogP contribution in [0, 0.1) is 5.82 Å². The quantitative estimate of drug-likeness (QED) is 0.204. The lowest BCUT2D eigenvalue weighted by molar-refractivity contribution is 0.102. The zero-order valence-electron chi connectivity index (χ0n) is 28.4. The monoisotopic (exact) mass is 699 g/mol. The molecule has 52 heavy (non-hydrogen) atoms. The summed E-state index contributed by atoms with van der Waals surface area (Å²) in [5.41, 5.74) is 4.34. The van der Waals surface area contributed by atoms with Crippen LogP contribution >= 0.6 is 0 Å². The van der Waals surface area contributed by atoms with Crippen molar-refractivity contribution in [2.75, 3.05) is 31.5 Å². The lowest BCUT2D eigenvalue weighted by Gasteiger charge is -2.27. The Bertz CT molecular complexity index is 2460. The van der Waals surface area contributed by atoms with E-state index in [0.717, 1.165) is 49.4 Å². The van der Waals surface area contributed by atoms with Crippen LogP contribution in [0.4, 0.5) is 10.1 Å². The molecule has 1 aliphatic heterocycles. The summed E-state index contributed by atoms with van der Waals surface area (Å²) in [6.07, 6.45) is 6.47. The predicted octanol–water partition coefficient (Wildman–Crippen LogP) is 5.37. The van der Waals surface area contributed by atoms with Crippen molar-refractivity contribution in [1.82, 2.24) is 39.3 Å². The number of hydrogen-bond acceptors (Lipinski definition) is 9. The molecule has 0 bridgehead atoms. The topological polar surface area (TPSA) is 137 Å². The van der Waals surface area contributed by atoms with Gasteiger partial charge in [0.15, 0.2) is 0 Å². The molecule has 0 radical (unpaired) electrons. The smallest absolute Gasteiger partial charge is 0.284 e. The highest BCUT2D eigenvalue weighted by Gasteiger charge is 2.25. The molecule has 4 aromatic heterocycles. The van der Waals surface area contributed by atoms with Crippen molar-refractivity contribution in [2.24, 2.45) is 14.1 Å². The summed E-state index contributed by atoms with van der Waals surface area (Å²) < 4.78 is 30.7. The number of fused-ring (bicyclic) bond motifs is 1. The Balaban J connectivity index is 1.08. The molecule has 14 heteroatoms. The van der Waals surface area contributed by atoms with Crippen molar-refractivity contribution in [3.63, 3.8) is 0 Å². The Morgan fingerprint density at radius 1 is 0.981 bits per heavy atom. The van der Waals surface area contributed by atoms with Gasteiger partial charge in [-0.1, -0.05) is 18.2 Å². The van der Waals surface area contributed by atoms with Crippen LogP contribution < -0.4 is 20.9 Å². The number of anilines is 1. The molecule has 3 aromatic carbocycles. The molecular weight excluding hydrogens is 665 g/mol. The molecule has 1 amide bonds. The number of nitrogens with zero attached hydrogens (tertiary/aromatic N) is 7. The van der Waals surface area contributed by atoms with Gasteiger partial charge in [0.25, 0.3) is 11.5 Å². The molecule has 13 nitrogen and oxygen atoms in total. The van der Waals surface area contributed by atoms with Gasteiger partial charge < -0.3 is 19.8 Å². The van der Waals surface area contributed by atoms with Crippen molar-refractivity contribution >= 4 is 22.7 Å². The van der Waals surface area contributed by atoms with Gasteiger partial charge in [-0.15, -0.1) is 0 Å². The Hall–Kier alpha value is -6.38. The van der Waals surface area contributed by atoms with Crippen LogP contribution in [0.1, 0.15) is 15.9 Å². The maximum atomic E-state index is 13.4. The van der Waals surface area contributed by atoms with Gasteiger partial charge >= 0.3 is 0 Å². The van der Waals surface area contributed by atoms with Gasteiger partial charge in [0, 0.05) is 70.5 Å². The predicted molar refractivity (Wildman–Crippen MR) is 193 cm³/mol. The first kappa shape index (κ1) is 32.8. The van der Waals surface area contributed by atoms with E-state index in [4.69, 9.17) is 9.15 Å². The van der Waals surface area contributed by atoms with E-state index in [2.05, 4.69) is 42.7 Å². The molecule has 1 fully saturated rings. The largest absolute Gasteiger partial charge is 0.438 e. The average molecular weight is 700 g/mol. The maximum Gasteiger partial charge on any atom is 0.284 e. The highest BCUT2D eigenvalue weighted by molar-refractivity contribution is 6.04. The SMILES string of the molecule is Cn1cc(-c2oc3ncnc(Oc4ccc(NC(=O)c5cn(C)n(-c6ccc(F)cc6)c5=O)cc4)c3c2-c2cccc(CN3CCNCC3)c2)cn1. The minimum absolute atomic E-state index is 0.0653. The van der Waals surface area contributed by atoms with Gasteiger partial charge in [-0.25, -0.2) is 19.0 Å². The van der Waals surface area contributed by atoms with E-state index in [9.17, 15) is 14.0 Å². The van der Waals surface area contributed by atoms with Gasteiger partial charge in [0.2, 0.25) is 11.6 Å². The number of amides is 1. The molecule has 0 aliphatic carbocycles. The first-order valence-electron chi connectivity index (χ1n) is 16.7. The number of piperazine rings is 1. The van der Waals surface area contributed by atoms with E-state index in [1.165, 1.54) is 51.7 Å². The fraction of sp³-hybridized carbons (Fsp3) is 0.184. The number of halogens is 1. The molecule has 8 rings (SSSR count). The standard InChI is InChI=1S/C38H34FN9O4/c1-45-21-26(19-43-45)34-32(25-5-3-4-24(18-25)20-47-16-14-40-15-17-47)33-36(41-23-42-37(33)52-34)51-30-12-8-28(9-13-30)44-35(49)31-22-46(2)48(38(31)50)29-10-6-27(39)7-11-29/h3-13,18-19,21-23,40H,14-17,20H2,1-2H3,(H,44,49). The number of aromatic nitrogens is 6. The number of benzene rings is 3. The third-order valence-corrected chi connectivity index (χ3v) is 8.95. The molecule has 1 saturated heterocycles. The Labute approximate surface area is 296 Å². The maximum absolute atomic E-state index is 13.4. The van der Waals surface area contributed by atoms with Crippen LogP contribution in [0.5, 0.6) is 11.6 Å². The van der Waals surface area contributed by atoms with Gasteiger partial charge in [-0.3, -0.25) is 23.9 Å². The van der Waals surface area contributed by atoms with Crippen molar-refractivity contribution in [3.05, 3.63) is 125 Å². The van der Waals surface area contributed by atoms with Crippen molar-refractivity contribution in [3.8, 4) is 39.8 Å². The van der Waals surface area contributed by atoms with Crippen molar-refractivity contribution < 1.29 is 18.3 Å². The second-order valence-corrected chi connectivity index (χ2v) is 12.6. The average Bonchev–Trinajstić information content (AvgIpc) is 3.85. The normalized spacial score (nSPS) is 13.4. The van der Waals surface area contributed by atoms with Gasteiger partial charge in [-0.05, 0) is 65.7 Å². The van der Waals surface area contributed by atoms with Crippen molar-refractivity contribution in [1.29, 1.82) is 0 Å². The van der Waals surface area contributed by atoms with E-state index >= 15 is 0 Å². The third kappa shape index (κ3) is 6.48. The Morgan fingerprint density at radius 2 is 1.77 bits per heavy atom. The van der Waals surface area contributed by atoms with Gasteiger partial charge in [0.1, 0.15) is 34.6 Å². The second kappa shape index (κ2) is 13.7. The number of ether oxygens (including phenoxy) is 1. The highest BCUT2D eigenvalue weighted by atomic mass is 19.1. The fourth-order valence-corrected chi connectivity index (χ4v) is 6.46. The highest BCUT2D eigenvalue weighted by Crippen LogP contribution is 2.44. The zero-order valence-corrected chi connectivity index (χ0v) is 28.4. The van der Waals surface area contributed by atoms with E-state index < -0.39 is 17.3 Å². The molecule has 5 heterocycles. The second-order valence-electron chi connectivity index (χ2n) is 12.6. The summed E-state index contributed by atoms with van der Waals surface area (Å²) in [5.74, 6) is 0.350. The molecule has 0 spiro atoms. The summed E-state index contributed by atoms with van der Waals surface area (Å²) in [7, 11) is 3.48. The van der Waals surface area contributed by atoms with Crippen LogP contribution in [-0.4, -0.2) is 66.1 Å². The van der Waals surface area contributed by atoms with Crippen LogP contribution in [0.15, 0.2) is 107 Å². The fourth-order valence-electron chi connectivity index (χ4n) is 6.46. The zero-order chi connectivity index (χ0) is 35.8. The number of rotatable bonds is 9. The molecule has 262 valence electrons. The molecule has 1 aliphatic rings. The van der Waals surface area contributed by atoms with E-state index in [-0.39, 0.29) is 5.56 Å². The molecule has 7 aromatic rings. The van der Waals surface area contributed by atoms with E-state index in [0.29, 0.717) is 39.9 Å². The summed E-state index contributed by atoms with van der Waals surface area (Å²) in [4.78, 5) is 37.7. The molecule has 0 unspecified atom stereocenters. The first-order valence-corrected chi connectivity index (χ1v) is 16.7. The molecule has 0 saturated carbocycles. The molecular formula is C38H34FN9O4. The number of hydrogen-bond donors (Lipinski definition) is 2. The lowest BCUT2D eigenvalue weighted by Crippen LogP contribution is -2.42. The minimum Gasteiger partial charge on any atom is -0.438 e. The van der Waals surface area contributed by atoms with Gasteiger partial charge in [-0.2, -0.15) is 5.10 Å². The number of aryl methyl sites for hydroxylation is 2. The minimum atomic E-state index is -0.585. The Morgan fingerprint density at radius 3 is 2.52 bits per heavy atom.